The highest BCUT2D eigenvalue weighted by Gasteiger charge is 2.05. The summed E-state index contributed by atoms with van der Waals surface area (Å²) in [5.74, 6) is 0. The Morgan fingerprint density at radius 1 is 1.10 bits per heavy atom. The van der Waals surface area contributed by atoms with Gasteiger partial charge in [-0.15, -0.1) is 0 Å². The van der Waals surface area contributed by atoms with Gasteiger partial charge >= 0.3 is 0 Å². The number of aliphatic hydroxyl groups is 1. The number of benzene rings is 1. The van der Waals surface area contributed by atoms with E-state index in [1.54, 1.807) is 18.2 Å². The number of anilines is 1. The van der Waals surface area contributed by atoms with Gasteiger partial charge in [-0.2, -0.15) is 0 Å². The number of aliphatic hydroxyl groups excluding tert-OH is 1. The van der Waals surface area contributed by atoms with E-state index < -0.39 is 6.10 Å². The molecule has 1 aromatic carbocycles. The predicted octanol–water partition coefficient (Wildman–Crippen LogP) is 3.60. The van der Waals surface area contributed by atoms with Crippen molar-refractivity contribution in [1.29, 1.82) is 0 Å². The molecule has 1 rings (SSSR count). The Hall–Kier alpha value is -0.520. The van der Waals surface area contributed by atoms with E-state index in [0.717, 1.165) is 25.1 Å². The van der Waals surface area contributed by atoms with E-state index in [1.807, 2.05) is 0 Å². The van der Waals surface area contributed by atoms with Crippen molar-refractivity contribution >= 4 is 28.9 Å². The van der Waals surface area contributed by atoms with Crippen molar-refractivity contribution in [3.63, 3.8) is 0 Å². The summed E-state index contributed by atoms with van der Waals surface area (Å²) in [7, 11) is 0. The molecule has 120 valence electrons. The van der Waals surface area contributed by atoms with Crippen LogP contribution in [0.4, 0.5) is 5.69 Å². The molecule has 0 saturated heterocycles. The molecular formula is C15H23Cl2NO3. The van der Waals surface area contributed by atoms with Gasteiger partial charge in [0.1, 0.15) is 0 Å². The number of rotatable bonds is 11. The van der Waals surface area contributed by atoms with E-state index in [4.69, 9.17) is 32.7 Å². The van der Waals surface area contributed by atoms with Crippen molar-refractivity contribution in [3.8, 4) is 0 Å². The van der Waals surface area contributed by atoms with Gasteiger partial charge in [-0.3, -0.25) is 0 Å². The van der Waals surface area contributed by atoms with Crippen molar-refractivity contribution in [3.05, 3.63) is 28.2 Å². The van der Waals surface area contributed by atoms with Gasteiger partial charge in [0.15, 0.2) is 0 Å². The second-order valence-corrected chi connectivity index (χ2v) is 5.61. The lowest BCUT2D eigenvalue weighted by atomic mass is 10.3. The molecule has 6 heteroatoms. The highest BCUT2D eigenvalue weighted by atomic mass is 35.5. The van der Waals surface area contributed by atoms with Crippen LogP contribution < -0.4 is 5.32 Å². The normalized spacial score (nSPS) is 12.4. The molecule has 0 spiro atoms. The summed E-state index contributed by atoms with van der Waals surface area (Å²) in [6.07, 6.45) is 1.59. The Morgan fingerprint density at radius 3 is 2.43 bits per heavy atom. The zero-order valence-corrected chi connectivity index (χ0v) is 13.8. The van der Waals surface area contributed by atoms with Crippen LogP contribution in [0.2, 0.25) is 10.0 Å². The van der Waals surface area contributed by atoms with Gasteiger partial charge in [0, 0.05) is 28.9 Å². The first-order valence-electron chi connectivity index (χ1n) is 7.15. The van der Waals surface area contributed by atoms with Gasteiger partial charge < -0.3 is 19.9 Å². The minimum atomic E-state index is -0.599. The molecule has 21 heavy (non-hydrogen) atoms. The summed E-state index contributed by atoms with van der Waals surface area (Å²) in [6.45, 7) is 4.56. The van der Waals surface area contributed by atoms with Crippen molar-refractivity contribution in [2.45, 2.75) is 25.9 Å². The molecule has 0 radical (unpaired) electrons. The lowest BCUT2D eigenvalue weighted by Crippen LogP contribution is -2.25. The van der Waals surface area contributed by atoms with Crippen LogP contribution in [0, 0.1) is 0 Å². The number of unbranched alkanes of at least 4 members (excludes halogenated alkanes) is 1. The molecule has 0 amide bonds. The van der Waals surface area contributed by atoms with Crippen LogP contribution in [0.25, 0.3) is 0 Å². The molecule has 4 nitrogen and oxygen atoms in total. The molecule has 0 bridgehead atoms. The zero-order chi connectivity index (χ0) is 15.5. The van der Waals surface area contributed by atoms with Crippen molar-refractivity contribution in [1.82, 2.24) is 0 Å². The van der Waals surface area contributed by atoms with Crippen molar-refractivity contribution in [2.24, 2.45) is 0 Å². The Bertz CT molecular complexity index is 384. The number of hydrogen-bond acceptors (Lipinski definition) is 4. The second kappa shape index (κ2) is 11.1. The van der Waals surface area contributed by atoms with Crippen LogP contribution in [0.15, 0.2) is 18.2 Å². The zero-order valence-electron chi connectivity index (χ0n) is 12.3. The lowest BCUT2D eigenvalue weighted by Gasteiger charge is -2.14. The maximum atomic E-state index is 9.80. The fourth-order valence-corrected chi connectivity index (χ4v) is 2.16. The van der Waals surface area contributed by atoms with Gasteiger partial charge in [-0.05, 0) is 24.6 Å². The third-order valence-electron chi connectivity index (χ3n) is 2.73. The Kier molecular flexibility index (Phi) is 9.79. The average molecular weight is 336 g/mol. The third kappa shape index (κ3) is 9.17. The largest absolute Gasteiger partial charge is 0.389 e. The molecule has 2 N–H and O–H groups in total. The maximum Gasteiger partial charge on any atom is 0.0945 e. The number of ether oxygens (including phenoxy) is 2. The van der Waals surface area contributed by atoms with Crippen molar-refractivity contribution < 1.29 is 14.6 Å². The van der Waals surface area contributed by atoms with Gasteiger partial charge in [-0.1, -0.05) is 36.5 Å². The molecule has 1 atom stereocenters. The van der Waals surface area contributed by atoms with Crippen LogP contribution in [0.5, 0.6) is 0 Å². The Morgan fingerprint density at radius 2 is 1.76 bits per heavy atom. The average Bonchev–Trinajstić information content (AvgIpc) is 2.43. The first kappa shape index (κ1) is 18.5. The summed E-state index contributed by atoms with van der Waals surface area (Å²) >= 11 is 11.8. The van der Waals surface area contributed by atoms with E-state index in [0.29, 0.717) is 29.8 Å². The highest BCUT2D eigenvalue weighted by molar-refractivity contribution is 6.35. The molecule has 0 aliphatic rings. The highest BCUT2D eigenvalue weighted by Crippen LogP contribution is 2.22. The summed E-state index contributed by atoms with van der Waals surface area (Å²) in [5, 5.41) is 14.0. The molecular weight excluding hydrogens is 313 g/mol. The Labute approximate surface area is 136 Å². The van der Waals surface area contributed by atoms with Gasteiger partial charge in [0.2, 0.25) is 0 Å². The molecule has 0 aromatic heterocycles. The van der Waals surface area contributed by atoms with Gasteiger partial charge in [0.05, 0.1) is 25.9 Å². The van der Waals surface area contributed by atoms with Gasteiger partial charge in [-0.25, -0.2) is 0 Å². The Balaban J connectivity index is 2.09. The summed E-state index contributed by atoms with van der Waals surface area (Å²) in [6, 6.07) is 5.16. The smallest absolute Gasteiger partial charge is 0.0945 e. The minimum Gasteiger partial charge on any atom is -0.389 e. The summed E-state index contributed by atoms with van der Waals surface area (Å²) < 4.78 is 10.7. The fourth-order valence-electron chi connectivity index (χ4n) is 1.64. The van der Waals surface area contributed by atoms with E-state index in [9.17, 15) is 5.11 Å². The molecule has 0 aliphatic carbocycles. The molecule has 1 aromatic rings. The lowest BCUT2D eigenvalue weighted by molar-refractivity contribution is 0.00749. The first-order valence-corrected chi connectivity index (χ1v) is 7.91. The minimum absolute atomic E-state index is 0.262. The van der Waals surface area contributed by atoms with E-state index in [-0.39, 0.29) is 6.61 Å². The topological polar surface area (TPSA) is 50.7 Å². The van der Waals surface area contributed by atoms with Gasteiger partial charge in [0.25, 0.3) is 0 Å². The van der Waals surface area contributed by atoms with Crippen LogP contribution >= 0.6 is 23.2 Å². The number of nitrogens with one attached hydrogen (secondary N) is 1. The molecule has 0 heterocycles. The standard InChI is InChI=1S/C15H23Cl2NO3/c1-2-3-4-20-5-6-21-11-15(19)10-18-14-8-12(16)7-13(17)9-14/h7-9,15,18-19H,2-6,10-11H2,1H3. The molecule has 0 aliphatic heterocycles. The summed E-state index contributed by atoms with van der Waals surface area (Å²) in [4.78, 5) is 0. The SMILES string of the molecule is CCCCOCCOCC(O)CNc1cc(Cl)cc(Cl)c1. The van der Waals surface area contributed by atoms with Crippen LogP contribution in [-0.4, -0.2) is 44.2 Å². The van der Waals surface area contributed by atoms with E-state index in [1.165, 1.54) is 0 Å². The maximum absolute atomic E-state index is 9.80. The van der Waals surface area contributed by atoms with Crippen LogP contribution in [0.1, 0.15) is 19.8 Å². The van der Waals surface area contributed by atoms with Crippen LogP contribution in [-0.2, 0) is 9.47 Å². The third-order valence-corrected chi connectivity index (χ3v) is 3.17. The molecule has 1 unspecified atom stereocenters. The summed E-state index contributed by atoms with van der Waals surface area (Å²) in [5.41, 5.74) is 0.773. The number of hydrogen-bond donors (Lipinski definition) is 2. The monoisotopic (exact) mass is 335 g/mol. The fraction of sp³-hybridized carbons (Fsp3) is 0.600. The molecule has 0 saturated carbocycles. The second-order valence-electron chi connectivity index (χ2n) is 4.73. The van der Waals surface area contributed by atoms with Crippen LogP contribution in [0.3, 0.4) is 0 Å². The van der Waals surface area contributed by atoms with Crippen molar-refractivity contribution in [2.75, 3.05) is 38.3 Å². The first-order chi connectivity index (χ1) is 10.1. The van der Waals surface area contributed by atoms with E-state index >= 15 is 0 Å². The number of halogens is 2. The molecule has 0 fully saturated rings. The quantitative estimate of drug-likeness (QED) is 0.606. The van der Waals surface area contributed by atoms with E-state index in [2.05, 4.69) is 12.2 Å². The predicted molar refractivity (Wildman–Crippen MR) is 87.5 cm³/mol.